The maximum absolute atomic E-state index is 13.5. The normalized spacial score (nSPS) is 11.7. The fraction of sp³-hybridized carbons (Fsp3) is 0.348. The van der Waals surface area contributed by atoms with Gasteiger partial charge in [-0.25, -0.2) is 4.39 Å². The highest BCUT2D eigenvalue weighted by Crippen LogP contribution is 2.19. The summed E-state index contributed by atoms with van der Waals surface area (Å²) in [6.07, 6.45) is 4.74. The number of hydrogen-bond acceptors (Lipinski definition) is 2. The van der Waals surface area contributed by atoms with Crippen LogP contribution in [-0.2, 0) is 17.8 Å². The number of ether oxygens (including phenoxy) is 1. The summed E-state index contributed by atoms with van der Waals surface area (Å²) >= 11 is 0. The van der Waals surface area contributed by atoms with Crippen molar-refractivity contribution in [1.82, 2.24) is 15.6 Å². The van der Waals surface area contributed by atoms with Crippen LogP contribution in [0.25, 0.3) is 10.9 Å². The van der Waals surface area contributed by atoms with Crippen LogP contribution in [0.4, 0.5) is 4.39 Å². The monoisotopic (exact) mass is 396 g/mol. The Morgan fingerprint density at radius 1 is 1.07 bits per heavy atom. The minimum Gasteiger partial charge on any atom is -0.377 e. The number of nitrogens with one attached hydrogen (secondary N) is 3. The Bertz CT molecular complexity index is 908. The third-order valence-corrected chi connectivity index (χ3v) is 4.76. The van der Waals surface area contributed by atoms with Crippen molar-refractivity contribution in [3.8, 4) is 0 Å². The minimum atomic E-state index is -0.212. The van der Waals surface area contributed by atoms with Crippen LogP contribution in [0.2, 0.25) is 0 Å². The molecule has 3 N–H and O–H groups in total. The molecule has 0 aliphatic heterocycles. The van der Waals surface area contributed by atoms with Gasteiger partial charge in [-0.2, -0.15) is 0 Å². The average molecular weight is 397 g/mol. The lowest BCUT2D eigenvalue weighted by atomic mass is 10.1. The number of aliphatic imine (C=N–C) groups is 1. The van der Waals surface area contributed by atoms with Crippen LogP contribution in [0.5, 0.6) is 0 Å². The van der Waals surface area contributed by atoms with Gasteiger partial charge >= 0.3 is 0 Å². The van der Waals surface area contributed by atoms with E-state index in [4.69, 9.17) is 4.74 Å². The predicted molar refractivity (Wildman–Crippen MR) is 117 cm³/mol. The number of aromatic amines is 1. The summed E-state index contributed by atoms with van der Waals surface area (Å²) in [6.45, 7) is 2.98. The van der Waals surface area contributed by atoms with E-state index in [1.54, 1.807) is 19.2 Å². The SMILES string of the molecule is CN=C(NCCCCOCc1ccccc1)NCCc1c[nH]c2ccc(F)cc12. The molecule has 154 valence electrons. The molecule has 6 heteroatoms. The van der Waals surface area contributed by atoms with Crippen molar-refractivity contribution >= 4 is 16.9 Å². The van der Waals surface area contributed by atoms with Crippen LogP contribution in [0.1, 0.15) is 24.0 Å². The topological polar surface area (TPSA) is 61.4 Å². The molecule has 0 aliphatic carbocycles. The summed E-state index contributed by atoms with van der Waals surface area (Å²) in [5, 5.41) is 7.57. The third-order valence-electron chi connectivity index (χ3n) is 4.76. The molecular formula is C23H29FN4O. The van der Waals surface area contributed by atoms with E-state index in [0.29, 0.717) is 6.61 Å². The summed E-state index contributed by atoms with van der Waals surface area (Å²) in [6, 6.07) is 15.0. The molecule has 2 aromatic carbocycles. The number of halogens is 1. The van der Waals surface area contributed by atoms with Gasteiger partial charge in [0.2, 0.25) is 0 Å². The van der Waals surface area contributed by atoms with Crippen molar-refractivity contribution < 1.29 is 9.13 Å². The van der Waals surface area contributed by atoms with E-state index < -0.39 is 0 Å². The minimum absolute atomic E-state index is 0.212. The summed E-state index contributed by atoms with van der Waals surface area (Å²) in [7, 11) is 1.76. The van der Waals surface area contributed by atoms with Gasteiger partial charge in [0.05, 0.1) is 6.61 Å². The second-order valence-electron chi connectivity index (χ2n) is 6.92. The molecule has 0 spiro atoms. The second kappa shape index (κ2) is 11.2. The first-order valence-corrected chi connectivity index (χ1v) is 10.1. The molecular weight excluding hydrogens is 367 g/mol. The Kier molecular flexibility index (Phi) is 8.07. The molecule has 3 rings (SSSR count). The van der Waals surface area contributed by atoms with Crippen molar-refractivity contribution in [1.29, 1.82) is 0 Å². The molecule has 5 nitrogen and oxygen atoms in total. The van der Waals surface area contributed by atoms with E-state index in [-0.39, 0.29) is 5.82 Å². The molecule has 0 atom stereocenters. The zero-order valence-electron chi connectivity index (χ0n) is 16.9. The summed E-state index contributed by atoms with van der Waals surface area (Å²) in [4.78, 5) is 7.44. The number of fused-ring (bicyclic) bond motifs is 1. The second-order valence-corrected chi connectivity index (χ2v) is 6.92. The number of aromatic nitrogens is 1. The first-order valence-electron chi connectivity index (χ1n) is 10.1. The number of nitrogens with zero attached hydrogens (tertiary/aromatic N) is 1. The van der Waals surface area contributed by atoms with Crippen molar-refractivity contribution in [3.63, 3.8) is 0 Å². The van der Waals surface area contributed by atoms with E-state index in [0.717, 1.165) is 61.4 Å². The number of guanidine groups is 1. The van der Waals surface area contributed by atoms with Crippen molar-refractivity contribution in [3.05, 3.63) is 71.7 Å². The van der Waals surface area contributed by atoms with E-state index in [9.17, 15) is 4.39 Å². The lowest BCUT2D eigenvalue weighted by Gasteiger charge is -2.12. The molecule has 0 fully saturated rings. The van der Waals surface area contributed by atoms with E-state index >= 15 is 0 Å². The molecule has 29 heavy (non-hydrogen) atoms. The van der Waals surface area contributed by atoms with Gasteiger partial charge in [-0.3, -0.25) is 4.99 Å². The number of benzene rings is 2. The summed E-state index contributed by atoms with van der Waals surface area (Å²) in [5.74, 6) is 0.567. The molecule has 0 saturated carbocycles. The number of unbranched alkanes of at least 4 members (excludes halogenated alkanes) is 1. The highest BCUT2D eigenvalue weighted by Gasteiger charge is 2.05. The lowest BCUT2D eigenvalue weighted by molar-refractivity contribution is 0.117. The molecule has 0 unspecified atom stereocenters. The number of H-pyrrole nitrogens is 1. The van der Waals surface area contributed by atoms with Gasteiger partial charge in [-0.05, 0) is 48.6 Å². The third kappa shape index (κ3) is 6.61. The fourth-order valence-corrected chi connectivity index (χ4v) is 3.19. The Balaban J connectivity index is 1.29. The van der Waals surface area contributed by atoms with Crippen LogP contribution in [0, 0.1) is 5.82 Å². The molecule has 0 aliphatic rings. The van der Waals surface area contributed by atoms with Crippen molar-refractivity contribution in [2.24, 2.45) is 4.99 Å². The van der Waals surface area contributed by atoms with Gasteiger partial charge in [-0.15, -0.1) is 0 Å². The largest absolute Gasteiger partial charge is 0.377 e. The van der Waals surface area contributed by atoms with E-state index in [1.807, 2.05) is 24.4 Å². The molecule has 0 radical (unpaired) electrons. The van der Waals surface area contributed by atoms with Crippen LogP contribution < -0.4 is 10.6 Å². The molecule has 0 bridgehead atoms. The maximum Gasteiger partial charge on any atom is 0.190 e. The van der Waals surface area contributed by atoms with Gasteiger partial charge < -0.3 is 20.4 Å². The van der Waals surface area contributed by atoms with E-state index in [1.165, 1.54) is 11.6 Å². The summed E-state index contributed by atoms with van der Waals surface area (Å²) in [5.41, 5.74) is 3.25. The lowest BCUT2D eigenvalue weighted by Crippen LogP contribution is -2.38. The Labute approximate surface area is 171 Å². The van der Waals surface area contributed by atoms with Crippen molar-refractivity contribution in [2.75, 3.05) is 26.7 Å². The van der Waals surface area contributed by atoms with Gasteiger partial charge in [0, 0.05) is 43.8 Å². The van der Waals surface area contributed by atoms with Crippen LogP contribution in [0.15, 0.2) is 59.7 Å². The molecule has 0 amide bonds. The molecule has 3 aromatic rings. The van der Waals surface area contributed by atoms with Gasteiger partial charge in [0.25, 0.3) is 0 Å². The molecule has 0 saturated heterocycles. The number of hydrogen-bond donors (Lipinski definition) is 3. The van der Waals surface area contributed by atoms with E-state index in [2.05, 4.69) is 32.7 Å². The number of rotatable bonds is 10. The Morgan fingerprint density at radius 3 is 2.72 bits per heavy atom. The zero-order chi connectivity index (χ0) is 20.3. The predicted octanol–water partition coefficient (Wildman–Crippen LogP) is 4.01. The van der Waals surface area contributed by atoms with Crippen LogP contribution in [0.3, 0.4) is 0 Å². The van der Waals surface area contributed by atoms with Gasteiger partial charge in [-0.1, -0.05) is 30.3 Å². The quantitative estimate of drug-likeness (QED) is 0.276. The standard InChI is InChI=1S/C23H29FN4O/c1-25-23(26-12-5-6-14-29-17-18-7-3-2-4-8-18)27-13-11-19-16-28-22-10-9-20(24)15-21(19)22/h2-4,7-10,15-16,28H,5-6,11-14,17H2,1H3,(H2,25,26,27). The Morgan fingerprint density at radius 2 is 1.90 bits per heavy atom. The van der Waals surface area contributed by atoms with Crippen LogP contribution >= 0.6 is 0 Å². The average Bonchev–Trinajstić information content (AvgIpc) is 3.14. The van der Waals surface area contributed by atoms with Gasteiger partial charge in [0.15, 0.2) is 5.96 Å². The first kappa shape index (κ1) is 20.9. The highest BCUT2D eigenvalue weighted by molar-refractivity contribution is 5.83. The smallest absolute Gasteiger partial charge is 0.190 e. The van der Waals surface area contributed by atoms with Crippen molar-refractivity contribution in [2.45, 2.75) is 25.9 Å². The Hall–Kier alpha value is -2.86. The molecule has 1 aromatic heterocycles. The highest BCUT2D eigenvalue weighted by atomic mass is 19.1. The van der Waals surface area contributed by atoms with Crippen LogP contribution in [-0.4, -0.2) is 37.7 Å². The fourth-order valence-electron chi connectivity index (χ4n) is 3.19. The zero-order valence-corrected chi connectivity index (χ0v) is 16.9. The first-order chi connectivity index (χ1) is 14.3. The van der Waals surface area contributed by atoms with Gasteiger partial charge in [0.1, 0.15) is 5.82 Å². The maximum atomic E-state index is 13.5. The molecule has 1 heterocycles. The summed E-state index contributed by atoms with van der Waals surface area (Å²) < 4.78 is 19.2.